The quantitative estimate of drug-likeness (QED) is 0.201. The van der Waals surface area contributed by atoms with E-state index in [0.29, 0.717) is 16.7 Å². The molecule has 11 heteroatoms. The number of rotatable bonds is 3. The zero-order valence-electron chi connectivity index (χ0n) is 19.5. The Balaban J connectivity index is 1.77. The fourth-order valence-electron chi connectivity index (χ4n) is 6.01. The van der Waals surface area contributed by atoms with Crippen molar-refractivity contribution in [1.82, 2.24) is 4.90 Å². The summed E-state index contributed by atoms with van der Waals surface area (Å²) in [5, 5.41) is 44.5. The number of carbonyl (C=O) groups is 3. The van der Waals surface area contributed by atoms with Crippen molar-refractivity contribution in [3.63, 3.8) is 0 Å². The molecule has 0 bridgehead atoms. The Morgan fingerprint density at radius 1 is 1.22 bits per heavy atom. The number of aromatic hydroxyl groups is 1. The molecule has 3 aliphatic rings. The van der Waals surface area contributed by atoms with Gasteiger partial charge in [0.05, 0.1) is 29.8 Å². The molecule has 11 nitrogen and oxygen atoms in total. The van der Waals surface area contributed by atoms with Crippen molar-refractivity contribution in [3.8, 4) is 16.9 Å². The van der Waals surface area contributed by atoms with Crippen molar-refractivity contribution in [3.05, 3.63) is 52.7 Å². The first-order valence-corrected chi connectivity index (χ1v) is 11.2. The van der Waals surface area contributed by atoms with Crippen LogP contribution in [0.3, 0.4) is 0 Å². The topological polar surface area (TPSA) is 201 Å². The minimum atomic E-state index is -2.69. The number of primary amides is 1. The summed E-state index contributed by atoms with van der Waals surface area (Å²) in [7, 11) is 3.09. The van der Waals surface area contributed by atoms with Crippen molar-refractivity contribution >= 4 is 28.9 Å². The SMILES string of the molecule is CN(C)[C@H]1C(=O)C(C(N)=O)=C(O)[C@]2(O)C(=O)C3=C(O)c4c(O)c(N)cc(-c5ccoc5)c4C[C@H]3C[C@@H]12. The number of nitrogens with zero attached hydrogens (tertiary/aromatic N) is 1. The largest absolute Gasteiger partial charge is 0.508 e. The maximum Gasteiger partial charge on any atom is 0.255 e. The lowest BCUT2D eigenvalue weighted by atomic mass is 9.57. The number of likely N-dealkylation sites (N-methyl/N-ethyl adjacent to an activating group) is 1. The van der Waals surface area contributed by atoms with Crippen LogP contribution in [0.2, 0.25) is 0 Å². The van der Waals surface area contributed by atoms with Gasteiger partial charge < -0.3 is 36.3 Å². The Morgan fingerprint density at radius 2 is 1.92 bits per heavy atom. The molecule has 36 heavy (non-hydrogen) atoms. The summed E-state index contributed by atoms with van der Waals surface area (Å²) in [5.41, 5.74) is 9.15. The number of hydrogen-bond donors (Lipinski definition) is 6. The monoisotopic (exact) mass is 495 g/mol. The first-order valence-electron chi connectivity index (χ1n) is 11.2. The number of fused-ring (bicyclic) bond motifs is 3. The Kier molecular flexibility index (Phi) is 5.06. The number of amides is 1. The van der Waals surface area contributed by atoms with E-state index in [4.69, 9.17) is 15.9 Å². The van der Waals surface area contributed by atoms with Crippen LogP contribution >= 0.6 is 0 Å². The number of phenols is 1. The van der Waals surface area contributed by atoms with E-state index in [1.54, 1.807) is 26.2 Å². The van der Waals surface area contributed by atoms with Gasteiger partial charge in [-0.2, -0.15) is 0 Å². The van der Waals surface area contributed by atoms with Gasteiger partial charge in [0, 0.05) is 17.1 Å². The number of Topliss-reactive ketones (excluding diaryl/α,β-unsaturated/α-hetero) is 2. The third-order valence-electron chi connectivity index (χ3n) is 7.58. The number of benzene rings is 1. The highest BCUT2D eigenvalue weighted by Gasteiger charge is 2.64. The highest BCUT2D eigenvalue weighted by atomic mass is 16.3. The van der Waals surface area contributed by atoms with Gasteiger partial charge in [-0.05, 0) is 56.1 Å². The normalized spacial score (nSPS) is 27.7. The van der Waals surface area contributed by atoms with E-state index in [1.165, 1.54) is 17.4 Å². The first kappa shape index (κ1) is 23.6. The molecule has 3 aliphatic carbocycles. The molecule has 1 aromatic carbocycles. The highest BCUT2D eigenvalue weighted by Crippen LogP contribution is 2.54. The predicted octanol–water partition coefficient (Wildman–Crippen LogP) is 0.806. The van der Waals surface area contributed by atoms with Crippen LogP contribution < -0.4 is 11.5 Å². The van der Waals surface area contributed by atoms with E-state index >= 15 is 0 Å². The average molecular weight is 495 g/mol. The first-order chi connectivity index (χ1) is 16.9. The van der Waals surface area contributed by atoms with Gasteiger partial charge in [-0.1, -0.05) is 0 Å². The summed E-state index contributed by atoms with van der Waals surface area (Å²) < 4.78 is 5.18. The molecule has 0 unspecified atom stereocenters. The lowest BCUT2D eigenvalue weighted by Crippen LogP contribution is -2.65. The molecule has 1 saturated carbocycles. The van der Waals surface area contributed by atoms with E-state index in [9.17, 15) is 34.8 Å². The molecule has 1 fully saturated rings. The minimum absolute atomic E-state index is 0.00171. The van der Waals surface area contributed by atoms with Crippen molar-refractivity contribution in [2.75, 3.05) is 19.8 Å². The van der Waals surface area contributed by atoms with Crippen molar-refractivity contribution in [2.45, 2.75) is 24.5 Å². The summed E-state index contributed by atoms with van der Waals surface area (Å²) in [5.74, 6) is -7.15. The van der Waals surface area contributed by atoms with E-state index in [2.05, 4.69) is 0 Å². The van der Waals surface area contributed by atoms with E-state index < -0.39 is 63.8 Å². The Bertz CT molecular complexity index is 1400. The molecule has 0 aliphatic heterocycles. The zero-order valence-corrected chi connectivity index (χ0v) is 19.5. The van der Waals surface area contributed by atoms with Gasteiger partial charge in [-0.3, -0.25) is 19.3 Å². The molecule has 0 saturated heterocycles. The molecule has 0 radical (unpaired) electrons. The molecular weight excluding hydrogens is 470 g/mol. The number of nitrogen functional groups attached to an aromatic ring is 1. The van der Waals surface area contributed by atoms with Gasteiger partial charge in [0.15, 0.2) is 11.4 Å². The Labute approximate surface area is 204 Å². The minimum Gasteiger partial charge on any atom is -0.508 e. The fourth-order valence-corrected chi connectivity index (χ4v) is 6.01. The molecule has 188 valence electrons. The molecule has 1 heterocycles. The van der Waals surface area contributed by atoms with Gasteiger partial charge in [0.2, 0.25) is 5.78 Å². The summed E-state index contributed by atoms with van der Waals surface area (Å²) in [6.45, 7) is 0. The fraction of sp³-hybridized carbons (Fsp3) is 0.320. The summed E-state index contributed by atoms with van der Waals surface area (Å²) in [4.78, 5) is 40.5. The average Bonchev–Trinajstić information content (AvgIpc) is 3.33. The van der Waals surface area contributed by atoms with Crippen molar-refractivity contribution < 1.29 is 39.2 Å². The van der Waals surface area contributed by atoms with E-state index in [0.717, 1.165) is 0 Å². The van der Waals surface area contributed by atoms with Crippen molar-refractivity contribution in [2.24, 2.45) is 17.6 Å². The molecular formula is C25H25N3O8. The van der Waals surface area contributed by atoms with Gasteiger partial charge in [0.1, 0.15) is 22.8 Å². The van der Waals surface area contributed by atoms with Gasteiger partial charge in [-0.15, -0.1) is 0 Å². The molecule has 0 spiro atoms. The van der Waals surface area contributed by atoms with Crippen LogP contribution in [0.25, 0.3) is 16.9 Å². The molecule has 5 rings (SSSR count). The van der Waals surface area contributed by atoms with E-state index in [-0.39, 0.29) is 29.7 Å². The predicted molar refractivity (Wildman–Crippen MR) is 126 cm³/mol. The number of nitrogens with two attached hydrogens (primary N) is 2. The van der Waals surface area contributed by atoms with Gasteiger partial charge >= 0.3 is 0 Å². The number of aliphatic hydroxyl groups excluding tert-OH is 2. The van der Waals surface area contributed by atoms with Crippen LogP contribution in [0.15, 0.2) is 46.0 Å². The number of carbonyl (C=O) groups excluding carboxylic acids is 3. The zero-order chi connectivity index (χ0) is 26.3. The summed E-state index contributed by atoms with van der Waals surface area (Å²) in [6, 6.07) is 2.08. The number of hydrogen-bond acceptors (Lipinski definition) is 10. The van der Waals surface area contributed by atoms with Gasteiger partial charge in [-0.25, -0.2) is 0 Å². The second-order valence-corrected chi connectivity index (χ2v) is 9.69. The Morgan fingerprint density at radius 3 is 2.50 bits per heavy atom. The number of furan rings is 1. The second-order valence-electron chi connectivity index (χ2n) is 9.69. The van der Waals surface area contributed by atoms with Crippen LogP contribution in [0.1, 0.15) is 17.5 Å². The number of anilines is 1. The van der Waals surface area contributed by atoms with Crippen LogP contribution in [-0.2, 0) is 20.8 Å². The number of phenolic OH excluding ortho intramolecular Hbond substituents is 1. The lowest BCUT2D eigenvalue weighted by molar-refractivity contribution is -0.153. The molecule has 1 amide bonds. The third-order valence-corrected chi connectivity index (χ3v) is 7.58. The maximum atomic E-state index is 13.8. The Hall–Kier alpha value is -4.09. The lowest BCUT2D eigenvalue weighted by Gasteiger charge is -2.50. The van der Waals surface area contributed by atoms with Crippen LogP contribution in [0.4, 0.5) is 5.69 Å². The van der Waals surface area contributed by atoms with Crippen LogP contribution in [0, 0.1) is 11.8 Å². The number of ketones is 2. The second kappa shape index (κ2) is 7.70. The maximum absolute atomic E-state index is 13.8. The molecule has 8 N–H and O–H groups in total. The van der Waals surface area contributed by atoms with Crippen LogP contribution in [0.5, 0.6) is 5.75 Å². The molecule has 4 atom stereocenters. The van der Waals surface area contributed by atoms with E-state index in [1.807, 2.05) is 0 Å². The van der Waals surface area contributed by atoms with Crippen molar-refractivity contribution in [1.29, 1.82) is 0 Å². The van der Waals surface area contributed by atoms with Crippen LogP contribution in [-0.4, -0.2) is 68.5 Å². The third kappa shape index (κ3) is 2.90. The highest BCUT2D eigenvalue weighted by molar-refractivity contribution is 6.24. The number of aliphatic hydroxyl groups is 3. The van der Waals surface area contributed by atoms with Gasteiger partial charge in [0.25, 0.3) is 5.91 Å². The summed E-state index contributed by atoms with van der Waals surface area (Å²) >= 11 is 0. The molecule has 1 aromatic heterocycles. The standard InChI is InChI=1S/C25H25N3O8/c1-28(2)18-13-6-10-5-12-11(9-3-4-36-8-9)7-14(26)19(29)16(12)20(30)15(10)22(32)25(13,35)23(33)17(21(18)31)24(27)34/h3-4,7-8,10,13,18,29-30,33,35H,5-6,26H2,1-2H3,(H2,27,34)/t10-,13-,18+,25+/m0/s1. The molecule has 2 aromatic rings. The summed E-state index contributed by atoms with van der Waals surface area (Å²) in [6.07, 6.45) is 3.09. The smallest absolute Gasteiger partial charge is 0.255 e.